The summed E-state index contributed by atoms with van der Waals surface area (Å²) in [6.07, 6.45) is -5.51. The lowest BCUT2D eigenvalue weighted by atomic mass is 9.88. The highest BCUT2D eigenvalue weighted by Gasteiger charge is 2.65. The van der Waals surface area contributed by atoms with E-state index in [0.717, 1.165) is 91.1 Å². The molecule has 3 rings (SSSR count). The maximum atomic E-state index is 14.1. The molecule has 11 atom stereocenters. The van der Waals surface area contributed by atoms with E-state index < -0.39 is 122 Å². The minimum Gasteiger partial charge on any atom is -0.465 e. The molecular weight excluding hydrogens is 794 g/mol. The summed E-state index contributed by atoms with van der Waals surface area (Å²) in [6.45, 7) is 13.0. The fraction of sp³-hybridized carbons (Fsp3) is 0.854. The van der Waals surface area contributed by atoms with Crippen LogP contribution < -0.4 is 0 Å². The fourth-order valence-electron chi connectivity index (χ4n) is 7.23. The molecule has 0 aromatic rings. The molecule has 0 aromatic heterocycles. The smallest absolute Gasteiger partial charge is 0.417 e. The monoisotopic (exact) mass is 861 g/mol. The first-order chi connectivity index (χ1) is 28.7. The van der Waals surface area contributed by atoms with E-state index in [9.17, 15) is 28.8 Å². The first-order valence-electron chi connectivity index (χ1n) is 21.2. The van der Waals surface area contributed by atoms with Gasteiger partial charge in [0, 0.05) is 54.1 Å². The van der Waals surface area contributed by atoms with Gasteiger partial charge in [-0.2, -0.15) is 0 Å². The van der Waals surface area contributed by atoms with Crippen molar-refractivity contribution in [3.63, 3.8) is 0 Å². The molecule has 0 saturated carbocycles. The van der Waals surface area contributed by atoms with Crippen molar-refractivity contribution < 1.29 is 85.6 Å². The molecule has 3 unspecified atom stereocenters. The SMILES string of the molecule is CCCCOC1[C@H](OCCCC)OC(CO[C@]2(C(=O)OC)C[C@H]3OC(=O)N(C(C)=O)[C@H]3C([C@H](OC(C)=O)[C@@H](COC(C)=O)OC(C)=O)O2)[C@@H](OCCCC)[C@@H]1OCCCC. The molecule has 0 spiro atoms. The molecule has 2 amide bonds. The topological polar surface area (TPSA) is 216 Å². The number of methoxy groups -OCH3 is 1. The Morgan fingerprint density at radius 2 is 1.30 bits per heavy atom. The Kier molecular flexibility index (Phi) is 21.6. The number of ether oxygens (including phenoxy) is 12. The van der Waals surface area contributed by atoms with Crippen molar-refractivity contribution in [2.45, 2.75) is 180 Å². The minimum atomic E-state index is -2.43. The van der Waals surface area contributed by atoms with Crippen LogP contribution in [0, 0.1) is 0 Å². The number of imide groups is 1. The molecule has 19 nitrogen and oxygen atoms in total. The van der Waals surface area contributed by atoms with Gasteiger partial charge in [-0.25, -0.2) is 14.5 Å². The van der Waals surface area contributed by atoms with Crippen LogP contribution in [0.15, 0.2) is 0 Å². The number of hydrogen-bond donors (Lipinski definition) is 0. The number of unbranched alkanes of at least 4 members (excludes halogenated alkanes) is 4. The number of nitrogens with zero attached hydrogens (tertiary/aromatic N) is 1. The van der Waals surface area contributed by atoms with Crippen molar-refractivity contribution in [3.8, 4) is 0 Å². The summed E-state index contributed by atoms with van der Waals surface area (Å²) in [5.74, 6) is -6.81. The molecule has 3 aliphatic rings. The van der Waals surface area contributed by atoms with Crippen LogP contribution in [-0.4, -0.2) is 154 Å². The normalized spacial score (nSPS) is 28.6. The van der Waals surface area contributed by atoms with Crippen LogP contribution >= 0.6 is 0 Å². The van der Waals surface area contributed by atoms with Gasteiger partial charge < -0.3 is 56.8 Å². The molecule has 0 aliphatic carbocycles. The predicted molar refractivity (Wildman–Crippen MR) is 208 cm³/mol. The van der Waals surface area contributed by atoms with E-state index in [4.69, 9.17) is 56.8 Å². The Morgan fingerprint density at radius 3 is 1.82 bits per heavy atom. The summed E-state index contributed by atoms with van der Waals surface area (Å²) in [6, 6.07) is -1.36. The van der Waals surface area contributed by atoms with Gasteiger partial charge in [-0.1, -0.05) is 53.4 Å². The molecule has 0 N–H and O–H groups in total. The molecule has 0 bridgehead atoms. The van der Waals surface area contributed by atoms with Crippen molar-refractivity contribution in [1.29, 1.82) is 0 Å². The molecule has 60 heavy (non-hydrogen) atoms. The molecule has 344 valence electrons. The Bertz CT molecular complexity index is 1400. The van der Waals surface area contributed by atoms with Crippen LogP contribution in [0.2, 0.25) is 0 Å². The number of hydrogen-bond acceptors (Lipinski definition) is 18. The standard InChI is InChI=1S/C41H67NO18/c1-10-14-18-50-33-31(58-38(53-21-17-13-4)37(52-20-16-12-3)36(33)51-19-15-11-2)24-55-41(39(47)49-9)22-29-32(42(25(5)43)40(48)59-29)35(60-41)34(57-28(8)46)30(56-27(7)45)23-54-26(6)44/h29-38H,10-24H2,1-9H3/t29-,30-,31?,32-,33-,34-,35?,36+,37?,38-,41-/m1/s1. The van der Waals surface area contributed by atoms with E-state index in [1.807, 2.05) is 20.8 Å². The Morgan fingerprint density at radius 1 is 0.750 bits per heavy atom. The minimum absolute atomic E-state index is 0.336. The highest BCUT2D eigenvalue weighted by molar-refractivity contribution is 5.93. The largest absolute Gasteiger partial charge is 0.465 e. The number of amides is 2. The van der Waals surface area contributed by atoms with Crippen molar-refractivity contribution in [3.05, 3.63) is 0 Å². The lowest BCUT2D eigenvalue weighted by Gasteiger charge is -2.48. The summed E-state index contributed by atoms with van der Waals surface area (Å²) < 4.78 is 72.6. The molecule has 3 aliphatic heterocycles. The average molecular weight is 862 g/mol. The van der Waals surface area contributed by atoms with E-state index in [-0.39, 0.29) is 0 Å². The van der Waals surface area contributed by atoms with Crippen molar-refractivity contribution in [2.24, 2.45) is 0 Å². The van der Waals surface area contributed by atoms with Crippen molar-refractivity contribution in [2.75, 3.05) is 46.8 Å². The van der Waals surface area contributed by atoms with E-state index in [1.54, 1.807) is 0 Å². The van der Waals surface area contributed by atoms with E-state index in [1.165, 1.54) is 0 Å². The van der Waals surface area contributed by atoms with E-state index in [0.29, 0.717) is 26.4 Å². The van der Waals surface area contributed by atoms with Gasteiger partial charge in [-0.3, -0.25) is 19.2 Å². The van der Waals surface area contributed by atoms with Crippen LogP contribution in [0.5, 0.6) is 0 Å². The lowest BCUT2D eigenvalue weighted by molar-refractivity contribution is -0.347. The van der Waals surface area contributed by atoms with Gasteiger partial charge in [0.15, 0.2) is 18.5 Å². The second kappa shape index (κ2) is 25.5. The molecule has 3 fully saturated rings. The molecular formula is C41H67NO18. The van der Waals surface area contributed by atoms with E-state index in [2.05, 4.69) is 6.92 Å². The van der Waals surface area contributed by atoms with Gasteiger partial charge in [0.2, 0.25) is 5.91 Å². The Balaban J connectivity index is 2.17. The predicted octanol–water partition coefficient (Wildman–Crippen LogP) is 3.92. The fourth-order valence-corrected chi connectivity index (χ4v) is 7.23. The van der Waals surface area contributed by atoms with Gasteiger partial charge >= 0.3 is 30.0 Å². The zero-order valence-electron chi connectivity index (χ0n) is 36.7. The third-order valence-corrected chi connectivity index (χ3v) is 10.1. The number of fused-ring (bicyclic) bond motifs is 1. The highest BCUT2D eigenvalue weighted by Crippen LogP contribution is 2.43. The van der Waals surface area contributed by atoms with Crippen LogP contribution in [0.1, 0.15) is 113 Å². The maximum Gasteiger partial charge on any atom is 0.417 e. The summed E-state index contributed by atoms with van der Waals surface area (Å²) in [4.78, 5) is 78.1. The van der Waals surface area contributed by atoms with Gasteiger partial charge in [0.05, 0.1) is 20.1 Å². The van der Waals surface area contributed by atoms with Gasteiger partial charge in [-0.15, -0.1) is 0 Å². The molecule has 3 heterocycles. The third kappa shape index (κ3) is 14.0. The number of carbonyl (C=O) groups is 6. The maximum absolute atomic E-state index is 14.1. The number of carbonyl (C=O) groups excluding carboxylic acids is 6. The van der Waals surface area contributed by atoms with Gasteiger partial charge in [0.25, 0.3) is 5.79 Å². The summed E-state index contributed by atoms with van der Waals surface area (Å²) in [5, 5.41) is 0. The summed E-state index contributed by atoms with van der Waals surface area (Å²) in [7, 11) is 1.09. The zero-order chi connectivity index (χ0) is 44.4. The van der Waals surface area contributed by atoms with Crippen LogP contribution in [0.25, 0.3) is 0 Å². The zero-order valence-corrected chi connectivity index (χ0v) is 36.7. The van der Waals surface area contributed by atoms with Crippen LogP contribution in [0.4, 0.5) is 4.79 Å². The molecule has 19 heteroatoms. The molecule has 0 radical (unpaired) electrons. The second-order valence-electron chi connectivity index (χ2n) is 15.0. The quantitative estimate of drug-likeness (QED) is 0.0684. The molecule has 0 aromatic carbocycles. The van der Waals surface area contributed by atoms with Crippen LogP contribution in [0.3, 0.4) is 0 Å². The first-order valence-corrected chi connectivity index (χ1v) is 21.2. The first kappa shape index (κ1) is 50.9. The summed E-state index contributed by atoms with van der Waals surface area (Å²) >= 11 is 0. The van der Waals surface area contributed by atoms with Gasteiger partial charge in [0.1, 0.15) is 49.3 Å². The Hall–Kier alpha value is -3.46. The Labute approximate surface area is 352 Å². The van der Waals surface area contributed by atoms with Gasteiger partial charge in [-0.05, 0) is 25.7 Å². The van der Waals surface area contributed by atoms with Crippen molar-refractivity contribution >= 4 is 35.9 Å². The van der Waals surface area contributed by atoms with E-state index >= 15 is 0 Å². The number of rotatable bonds is 26. The third-order valence-electron chi connectivity index (χ3n) is 10.1. The highest BCUT2D eigenvalue weighted by atomic mass is 16.8. The molecule has 3 saturated heterocycles. The average Bonchev–Trinajstić information content (AvgIpc) is 3.54. The van der Waals surface area contributed by atoms with Crippen LogP contribution in [-0.2, 0) is 80.8 Å². The lowest BCUT2D eigenvalue weighted by Crippen LogP contribution is -2.68. The van der Waals surface area contributed by atoms with Crippen molar-refractivity contribution in [1.82, 2.24) is 4.90 Å². The summed E-state index contributed by atoms with van der Waals surface area (Å²) in [5.41, 5.74) is 0. The second-order valence-corrected chi connectivity index (χ2v) is 15.0. The number of esters is 4.